The minimum Gasteiger partial charge on any atom is -0.481 e. The maximum atomic E-state index is 13.6. The zero-order chi connectivity index (χ0) is 25.0. The molecule has 0 aromatic heterocycles. The van der Waals surface area contributed by atoms with Gasteiger partial charge in [-0.15, -0.1) is 0 Å². The Kier molecular flexibility index (Phi) is 7.48. The number of alkyl carbamates (subject to hydrolysis) is 1. The lowest BCUT2D eigenvalue weighted by Crippen LogP contribution is -2.57. The van der Waals surface area contributed by atoms with Gasteiger partial charge in [0.1, 0.15) is 6.61 Å². The van der Waals surface area contributed by atoms with E-state index in [1.165, 1.54) is 13.8 Å². The molecular weight excluding hydrogens is 453 g/mol. The molecule has 0 aliphatic heterocycles. The summed E-state index contributed by atoms with van der Waals surface area (Å²) in [6.07, 6.45) is -6.48. The Morgan fingerprint density at radius 1 is 1.06 bits per heavy atom. The number of likely N-dealkylation sites (N-methyl/N-ethyl adjacent to an activating group) is 1. The molecule has 0 spiro atoms. The fraction of sp³-hybridized carbons (Fsp3) is 0.375. The van der Waals surface area contributed by atoms with Crippen molar-refractivity contribution in [3.63, 3.8) is 0 Å². The number of amides is 2. The molecule has 2 amide bonds. The number of rotatable bonds is 8. The van der Waals surface area contributed by atoms with E-state index in [1.54, 1.807) is 5.32 Å². The molecular formula is C24H25F3N2O5. The first-order valence-electron chi connectivity index (χ1n) is 10.7. The monoisotopic (exact) mass is 478 g/mol. The molecule has 0 radical (unpaired) electrons. The van der Waals surface area contributed by atoms with Crippen molar-refractivity contribution in [2.75, 3.05) is 19.7 Å². The molecule has 0 saturated heterocycles. The van der Waals surface area contributed by atoms with Gasteiger partial charge in [0.2, 0.25) is 6.04 Å². The highest BCUT2D eigenvalue weighted by Gasteiger charge is 2.48. The predicted molar refractivity (Wildman–Crippen MR) is 117 cm³/mol. The number of aliphatic carboxylic acids is 1. The van der Waals surface area contributed by atoms with Crippen molar-refractivity contribution in [2.45, 2.75) is 32.0 Å². The van der Waals surface area contributed by atoms with E-state index in [4.69, 9.17) is 9.84 Å². The summed E-state index contributed by atoms with van der Waals surface area (Å²) in [5.74, 6) is -4.13. The van der Waals surface area contributed by atoms with Gasteiger partial charge in [0, 0.05) is 19.0 Å². The van der Waals surface area contributed by atoms with Crippen molar-refractivity contribution in [2.24, 2.45) is 5.92 Å². The summed E-state index contributed by atoms with van der Waals surface area (Å²) in [6, 6.07) is 12.1. The Hall–Kier alpha value is -3.56. The lowest BCUT2D eigenvalue weighted by molar-refractivity contribution is -0.174. The number of carboxylic acids is 1. The molecule has 0 heterocycles. The average Bonchev–Trinajstić information content (AvgIpc) is 3.12. The van der Waals surface area contributed by atoms with Crippen molar-refractivity contribution in [1.82, 2.24) is 10.2 Å². The zero-order valence-corrected chi connectivity index (χ0v) is 18.6. The second-order valence-corrected chi connectivity index (χ2v) is 8.06. The van der Waals surface area contributed by atoms with Crippen molar-refractivity contribution < 1.29 is 37.4 Å². The summed E-state index contributed by atoms with van der Waals surface area (Å²) in [5, 5.41) is 10.6. The molecule has 0 bridgehead atoms. The number of nitrogens with zero attached hydrogens (tertiary/aromatic N) is 1. The number of benzene rings is 2. The van der Waals surface area contributed by atoms with Gasteiger partial charge in [0.25, 0.3) is 5.91 Å². The third-order valence-corrected chi connectivity index (χ3v) is 5.79. The van der Waals surface area contributed by atoms with E-state index in [-0.39, 0.29) is 19.1 Å². The number of ether oxygens (including phenoxy) is 1. The van der Waals surface area contributed by atoms with Crippen LogP contribution in [-0.4, -0.2) is 59.9 Å². The lowest BCUT2D eigenvalue weighted by atomic mass is 9.98. The number of carboxylic acid groups (broad SMARTS) is 1. The first kappa shape index (κ1) is 25.1. The molecule has 2 aromatic carbocycles. The maximum absolute atomic E-state index is 13.6. The van der Waals surface area contributed by atoms with Gasteiger partial charge in [-0.05, 0) is 29.2 Å². The minimum atomic E-state index is -5.09. The van der Waals surface area contributed by atoms with Gasteiger partial charge in [-0.25, -0.2) is 4.79 Å². The fourth-order valence-corrected chi connectivity index (χ4v) is 4.01. The Balaban J connectivity index is 1.71. The second kappa shape index (κ2) is 10.1. The Bertz CT molecular complexity index is 1030. The second-order valence-electron chi connectivity index (χ2n) is 8.06. The quantitative estimate of drug-likeness (QED) is 0.598. The molecule has 34 heavy (non-hydrogen) atoms. The molecule has 2 N–H and O–H groups in total. The molecule has 3 rings (SSSR count). The minimum absolute atomic E-state index is 0.157. The van der Waals surface area contributed by atoms with Crippen LogP contribution in [0.15, 0.2) is 48.5 Å². The largest absolute Gasteiger partial charge is 0.481 e. The van der Waals surface area contributed by atoms with Gasteiger partial charge >= 0.3 is 18.2 Å². The van der Waals surface area contributed by atoms with Gasteiger partial charge in [0.15, 0.2) is 0 Å². The van der Waals surface area contributed by atoms with Crippen LogP contribution in [0.3, 0.4) is 0 Å². The first-order valence-corrected chi connectivity index (χ1v) is 10.7. The number of fused-ring (bicyclic) bond motifs is 3. The molecule has 2 atom stereocenters. The lowest BCUT2D eigenvalue weighted by Gasteiger charge is -2.29. The van der Waals surface area contributed by atoms with Gasteiger partial charge in [0.05, 0.1) is 5.92 Å². The fourth-order valence-electron chi connectivity index (χ4n) is 4.01. The molecule has 182 valence electrons. The predicted octanol–water partition coefficient (Wildman–Crippen LogP) is 4.03. The van der Waals surface area contributed by atoms with E-state index in [2.05, 4.69) is 0 Å². The topological polar surface area (TPSA) is 95.9 Å². The molecule has 0 saturated carbocycles. The van der Waals surface area contributed by atoms with Crippen LogP contribution in [0.1, 0.15) is 30.9 Å². The molecule has 2 unspecified atom stereocenters. The van der Waals surface area contributed by atoms with Crippen molar-refractivity contribution >= 4 is 18.0 Å². The average molecular weight is 478 g/mol. The maximum Gasteiger partial charge on any atom is 0.417 e. The van der Waals surface area contributed by atoms with E-state index in [0.717, 1.165) is 27.2 Å². The number of carbonyl (C=O) groups is 3. The standard InChI is InChI=1S/C24H25F3N2O5/c1-3-29(12-14(2)22(31)32)21(30)20(24(25,26)27)28-23(33)34-13-19-17-10-6-4-8-15(17)16-9-5-7-11-18(16)19/h4-11,14,19-20H,3,12-13H2,1-2H3,(H,28,33)(H,31,32). The van der Waals surface area contributed by atoms with Crippen molar-refractivity contribution in [1.29, 1.82) is 0 Å². The Morgan fingerprint density at radius 3 is 2.06 bits per heavy atom. The van der Waals surface area contributed by atoms with Gasteiger partial charge in [-0.1, -0.05) is 55.5 Å². The summed E-state index contributed by atoms with van der Waals surface area (Å²) in [4.78, 5) is 36.7. The van der Waals surface area contributed by atoms with Crippen LogP contribution in [0.5, 0.6) is 0 Å². The van der Waals surface area contributed by atoms with Crippen LogP contribution in [-0.2, 0) is 14.3 Å². The highest BCUT2D eigenvalue weighted by molar-refractivity contribution is 5.87. The number of halogens is 3. The van der Waals surface area contributed by atoms with Crippen LogP contribution < -0.4 is 5.32 Å². The van der Waals surface area contributed by atoms with E-state index in [0.29, 0.717) is 0 Å². The molecule has 7 nitrogen and oxygen atoms in total. The normalized spacial score (nSPS) is 14.5. The van der Waals surface area contributed by atoms with Crippen molar-refractivity contribution in [3.05, 3.63) is 59.7 Å². The van der Waals surface area contributed by atoms with E-state index in [9.17, 15) is 27.6 Å². The number of nitrogens with one attached hydrogen (secondary N) is 1. The molecule has 1 aliphatic rings. The zero-order valence-electron chi connectivity index (χ0n) is 18.6. The summed E-state index contributed by atoms with van der Waals surface area (Å²) < 4.78 is 46.0. The van der Waals surface area contributed by atoms with E-state index < -0.39 is 42.7 Å². The Labute approximate surface area is 194 Å². The van der Waals surface area contributed by atoms with E-state index >= 15 is 0 Å². The van der Waals surface area contributed by atoms with Crippen LogP contribution in [0.25, 0.3) is 11.1 Å². The van der Waals surface area contributed by atoms with Gasteiger partial charge < -0.3 is 20.1 Å². The number of alkyl halides is 3. The third-order valence-electron chi connectivity index (χ3n) is 5.79. The Morgan fingerprint density at radius 2 is 1.59 bits per heavy atom. The van der Waals surface area contributed by atoms with Gasteiger partial charge in [-0.2, -0.15) is 13.2 Å². The molecule has 2 aromatic rings. The highest BCUT2D eigenvalue weighted by atomic mass is 19.4. The van der Waals surface area contributed by atoms with E-state index in [1.807, 2.05) is 48.5 Å². The van der Waals surface area contributed by atoms with Crippen LogP contribution in [0, 0.1) is 5.92 Å². The van der Waals surface area contributed by atoms with Crippen LogP contribution in [0.4, 0.5) is 18.0 Å². The summed E-state index contributed by atoms with van der Waals surface area (Å²) >= 11 is 0. The molecule has 0 fully saturated rings. The number of hydrogen-bond donors (Lipinski definition) is 2. The summed E-state index contributed by atoms with van der Waals surface area (Å²) in [7, 11) is 0. The van der Waals surface area contributed by atoms with Crippen LogP contribution in [0.2, 0.25) is 0 Å². The van der Waals surface area contributed by atoms with Gasteiger partial charge in [-0.3, -0.25) is 9.59 Å². The highest BCUT2D eigenvalue weighted by Crippen LogP contribution is 2.44. The number of carbonyl (C=O) groups excluding carboxylic acids is 2. The summed E-state index contributed by atoms with van der Waals surface area (Å²) in [5.41, 5.74) is 3.70. The smallest absolute Gasteiger partial charge is 0.417 e. The van der Waals surface area contributed by atoms with Crippen LogP contribution >= 0.6 is 0 Å². The van der Waals surface area contributed by atoms with Crippen molar-refractivity contribution in [3.8, 4) is 11.1 Å². The first-order chi connectivity index (χ1) is 16.0. The summed E-state index contributed by atoms with van der Waals surface area (Å²) in [6.45, 7) is 1.90. The SMILES string of the molecule is CCN(CC(C)C(=O)O)C(=O)C(NC(=O)OCC1c2ccccc2-c2ccccc21)C(F)(F)F. The molecule has 10 heteroatoms. The number of hydrogen-bond acceptors (Lipinski definition) is 4. The molecule has 1 aliphatic carbocycles. The third kappa shape index (κ3) is 5.32.